The van der Waals surface area contributed by atoms with Crippen LogP contribution < -0.4 is 11.1 Å². The van der Waals surface area contributed by atoms with Crippen molar-refractivity contribution in [3.8, 4) is 0 Å². The predicted molar refractivity (Wildman–Crippen MR) is 64.1 cm³/mol. The molecule has 0 spiro atoms. The van der Waals surface area contributed by atoms with Crippen LogP contribution in [0, 0.1) is 5.41 Å². The van der Waals surface area contributed by atoms with Gasteiger partial charge in [-0.2, -0.15) is 0 Å². The maximum absolute atomic E-state index is 11.6. The second kappa shape index (κ2) is 5.68. The summed E-state index contributed by atoms with van der Waals surface area (Å²) >= 11 is 0. The van der Waals surface area contributed by atoms with Gasteiger partial charge in [0.1, 0.15) is 0 Å². The van der Waals surface area contributed by atoms with Gasteiger partial charge in [0.25, 0.3) is 0 Å². The Morgan fingerprint density at radius 1 is 1.60 bits per heavy atom. The molecule has 1 atom stereocenters. The summed E-state index contributed by atoms with van der Waals surface area (Å²) in [5.41, 5.74) is 6.04. The molecule has 4 nitrogen and oxygen atoms in total. The minimum absolute atomic E-state index is 0. The Hall–Kier alpha value is -0.320. The lowest BCUT2D eigenvalue weighted by Gasteiger charge is -2.42. The van der Waals surface area contributed by atoms with Gasteiger partial charge in [-0.1, -0.05) is 13.8 Å². The van der Waals surface area contributed by atoms with Crippen LogP contribution in [0.1, 0.15) is 20.3 Å². The number of hydrogen-bond acceptors (Lipinski definition) is 3. The molecule has 0 aliphatic carbocycles. The van der Waals surface area contributed by atoms with Gasteiger partial charge in [0.15, 0.2) is 0 Å². The van der Waals surface area contributed by atoms with Crippen LogP contribution in [0.5, 0.6) is 0 Å². The number of halogens is 1. The molecule has 90 valence electrons. The molecule has 3 N–H and O–H groups in total. The van der Waals surface area contributed by atoms with Crippen molar-refractivity contribution in [2.45, 2.75) is 26.3 Å². The molecule has 1 heterocycles. The fourth-order valence-corrected chi connectivity index (χ4v) is 1.85. The van der Waals surface area contributed by atoms with Gasteiger partial charge in [-0.05, 0) is 18.9 Å². The van der Waals surface area contributed by atoms with E-state index in [-0.39, 0.29) is 29.8 Å². The second-order valence-electron chi connectivity index (χ2n) is 4.73. The van der Waals surface area contributed by atoms with Gasteiger partial charge in [-0.3, -0.25) is 4.79 Å². The Labute approximate surface area is 98.0 Å². The SMILES string of the molecule is CNCC(=O)N1CCC(N)C(C)(C)C1.Cl. The first-order valence-corrected chi connectivity index (χ1v) is 5.15. The topological polar surface area (TPSA) is 58.4 Å². The Balaban J connectivity index is 0.00000196. The van der Waals surface area contributed by atoms with Gasteiger partial charge >= 0.3 is 0 Å². The lowest BCUT2D eigenvalue weighted by atomic mass is 9.80. The van der Waals surface area contributed by atoms with Crippen molar-refractivity contribution in [1.29, 1.82) is 0 Å². The molecule has 1 aliphatic heterocycles. The summed E-state index contributed by atoms with van der Waals surface area (Å²) in [4.78, 5) is 13.5. The summed E-state index contributed by atoms with van der Waals surface area (Å²) < 4.78 is 0. The molecule has 1 amide bonds. The van der Waals surface area contributed by atoms with E-state index < -0.39 is 0 Å². The van der Waals surface area contributed by atoms with Crippen molar-refractivity contribution in [3.63, 3.8) is 0 Å². The number of nitrogens with one attached hydrogen (secondary N) is 1. The number of nitrogens with zero attached hydrogens (tertiary/aromatic N) is 1. The number of amides is 1. The lowest BCUT2D eigenvalue weighted by Crippen LogP contribution is -2.55. The molecule has 1 saturated heterocycles. The van der Waals surface area contributed by atoms with E-state index in [1.807, 2.05) is 4.90 Å². The highest BCUT2D eigenvalue weighted by Crippen LogP contribution is 2.27. The third kappa shape index (κ3) is 3.63. The van der Waals surface area contributed by atoms with E-state index in [0.717, 1.165) is 19.5 Å². The molecular formula is C10H22ClN3O. The maximum atomic E-state index is 11.6. The molecule has 1 aliphatic rings. The van der Waals surface area contributed by atoms with Crippen molar-refractivity contribution in [2.75, 3.05) is 26.7 Å². The van der Waals surface area contributed by atoms with Crippen LogP contribution in [0.4, 0.5) is 0 Å². The first-order chi connectivity index (χ1) is 6.47. The first-order valence-electron chi connectivity index (χ1n) is 5.15. The quantitative estimate of drug-likeness (QED) is 0.720. The molecule has 0 saturated carbocycles. The Bertz CT molecular complexity index is 221. The van der Waals surface area contributed by atoms with E-state index in [4.69, 9.17) is 5.73 Å². The number of likely N-dealkylation sites (N-methyl/N-ethyl adjacent to an activating group) is 1. The highest BCUT2D eigenvalue weighted by Gasteiger charge is 2.34. The molecule has 0 radical (unpaired) electrons. The zero-order chi connectivity index (χ0) is 10.8. The van der Waals surface area contributed by atoms with Crippen molar-refractivity contribution in [2.24, 2.45) is 11.1 Å². The molecule has 15 heavy (non-hydrogen) atoms. The smallest absolute Gasteiger partial charge is 0.236 e. The summed E-state index contributed by atoms with van der Waals surface area (Å²) in [5, 5.41) is 2.88. The number of likely N-dealkylation sites (tertiary alicyclic amines) is 1. The average molecular weight is 236 g/mol. The summed E-state index contributed by atoms with van der Waals surface area (Å²) in [6.07, 6.45) is 0.905. The molecule has 0 aromatic heterocycles. The van der Waals surface area contributed by atoms with E-state index in [1.54, 1.807) is 7.05 Å². The maximum Gasteiger partial charge on any atom is 0.236 e. The number of carbonyl (C=O) groups excluding carboxylic acids is 1. The normalized spacial score (nSPS) is 24.5. The van der Waals surface area contributed by atoms with Crippen LogP contribution in [0.25, 0.3) is 0 Å². The monoisotopic (exact) mass is 235 g/mol. The summed E-state index contributed by atoms with van der Waals surface area (Å²) in [7, 11) is 1.79. The van der Waals surface area contributed by atoms with Crippen LogP contribution in [-0.4, -0.2) is 43.5 Å². The number of piperidine rings is 1. The third-order valence-electron chi connectivity index (χ3n) is 2.99. The van der Waals surface area contributed by atoms with Gasteiger partial charge in [-0.25, -0.2) is 0 Å². The Morgan fingerprint density at radius 3 is 2.67 bits per heavy atom. The van der Waals surface area contributed by atoms with Crippen LogP contribution in [0.3, 0.4) is 0 Å². The zero-order valence-corrected chi connectivity index (χ0v) is 10.6. The number of carbonyl (C=O) groups is 1. The molecule has 5 heteroatoms. The fraction of sp³-hybridized carbons (Fsp3) is 0.900. The zero-order valence-electron chi connectivity index (χ0n) is 9.75. The number of nitrogens with two attached hydrogens (primary N) is 1. The minimum atomic E-state index is 0. The van der Waals surface area contributed by atoms with Gasteiger partial charge in [-0.15, -0.1) is 12.4 Å². The highest BCUT2D eigenvalue weighted by molar-refractivity contribution is 5.85. The second-order valence-corrected chi connectivity index (χ2v) is 4.73. The van der Waals surface area contributed by atoms with Gasteiger partial charge < -0.3 is 16.0 Å². The highest BCUT2D eigenvalue weighted by atomic mass is 35.5. The standard InChI is InChI=1S/C10H21N3O.ClH/c1-10(2)7-13(5-4-8(10)11)9(14)6-12-3;/h8,12H,4-7,11H2,1-3H3;1H. The molecule has 1 rings (SSSR count). The molecule has 1 fully saturated rings. The van der Waals surface area contributed by atoms with Gasteiger partial charge in [0.05, 0.1) is 6.54 Å². The van der Waals surface area contributed by atoms with Gasteiger partial charge in [0.2, 0.25) is 5.91 Å². The molecule has 0 aromatic carbocycles. The first kappa shape index (κ1) is 14.7. The van der Waals surface area contributed by atoms with E-state index in [0.29, 0.717) is 6.54 Å². The molecule has 0 bridgehead atoms. The predicted octanol–water partition coefficient (Wildman–Crippen LogP) is 0.213. The van der Waals surface area contributed by atoms with Gasteiger partial charge in [0, 0.05) is 19.1 Å². The van der Waals surface area contributed by atoms with Crippen molar-refractivity contribution < 1.29 is 4.79 Å². The average Bonchev–Trinajstić information content (AvgIpc) is 2.10. The van der Waals surface area contributed by atoms with E-state index in [9.17, 15) is 4.79 Å². The van der Waals surface area contributed by atoms with E-state index >= 15 is 0 Å². The lowest BCUT2D eigenvalue weighted by molar-refractivity contribution is -0.133. The van der Waals surface area contributed by atoms with Crippen molar-refractivity contribution >= 4 is 18.3 Å². The van der Waals surface area contributed by atoms with E-state index in [1.165, 1.54) is 0 Å². The van der Waals surface area contributed by atoms with Crippen LogP contribution >= 0.6 is 12.4 Å². The van der Waals surface area contributed by atoms with Crippen LogP contribution in [0.15, 0.2) is 0 Å². The molecule has 1 unspecified atom stereocenters. The largest absolute Gasteiger partial charge is 0.341 e. The fourth-order valence-electron chi connectivity index (χ4n) is 1.85. The number of hydrogen-bond donors (Lipinski definition) is 2. The third-order valence-corrected chi connectivity index (χ3v) is 2.99. The summed E-state index contributed by atoms with van der Waals surface area (Å²) in [6, 6.07) is 0.209. The Kier molecular flexibility index (Phi) is 5.56. The Morgan fingerprint density at radius 2 is 2.20 bits per heavy atom. The van der Waals surface area contributed by atoms with Crippen molar-refractivity contribution in [3.05, 3.63) is 0 Å². The molecule has 0 aromatic rings. The van der Waals surface area contributed by atoms with Crippen LogP contribution in [-0.2, 0) is 4.79 Å². The van der Waals surface area contributed by atoms with Crippen LogP contribution in [0.2, 0.25) is 0 Å². The van der Waals surface area contributed by atoms with E-state index in [2.05, 4.69) is 19.2 Å². The summed E-state index contributed by atoms with van der Waals surface area (Å²) in [6.45, 7) is 6.23. The number of rotatable bonds is 2. The minimum Gasteiger partial charge on any atom is -0.341 e. The summed E-state index contributed by atoms with van der Waals surface area (Å²) in [5.74, 6) is 0.174. The molecular weight excluding hydrogens is 214 g/mol. The van der Waals surface area contributed by atoms with Crippen molar-refractivity contribution in [1.82, 2.24) is 10.2 Å².